The third-order valence-corrected chi connectivity index (χ3v) is 8.53. The van der Waals surface area contributed by atoms with Gasteiger partial charge in [0.25, 0.3) is 0 Å². The van der Waals surface area contributed by atoms with Crippen LogP contribution in [-0.4, -0.2) is 43.6 Å². The molecule has 0 amide bonds. The van der Waals surface area contributed by atoms with Gasteiger partial charge in [0.2, 0.25) is 0 Å². The molecule has 3 aromatic rings. The van der Waals surface area contributed by atoms with Crippen molar-refractivity contribution in [3.8, 4) is 5.75 Å². The predicted octanol–water partition coefficient (Wildman–Crippen LogP) is 6.85. The lowest BCUT2D eigenvalue weighted by atomic mass is 10.1. The van der Waals surface area contributed by atoms with Gasteiger partial charge in [0.15, 0.2) is 0 Å². The van der Waals surface area contributed by atoms with Crippen molar-refractivity contribution in [1.82, 2.24) is 9.24 Å². The van der Waals surface area contributed by atoms with Crippen molar-refractivity contribution in [3.05, 3.63) is 62.7 Å². The Morgan fingerprint density at radius 3 is 2.56 bits per heavy atom. The average molecular weight is 518 g/mol. The van der Waals surface area contributed by atoms with E-state index in [0.29, 0.717) is 22.0 Å². The molecule has 0 bridgehead atoms. The molecule has 1 aliphatic heterocycles. The molecule has 1 aliphatic rings. The third-order valence-electron chi connectivity index (χ3n) is 5.44. The molecule has 2 unspecified atom stereocenters. The van der Waals surface area contributed by atoms with E-state index in [-0.39, 0.29) is 11.6 Å². The van der Waals surface area contributed by atoms with Gasteiger partial charge in [-0.2, -0.15) is 0 Å². The number of nitrogens with zero attached hydrogens (tertiary/aromatic N) is 2. The Hall–Kier alpha value is -1.24. The zero-order chi connectivity index (χ0) is 23.0. The maximum absolute atomic E-state index is 14.0. The molecule has 0 saturated carbocycles. The summed E-state index contributed by atoms with van der Waals surface area (Å²) in [5.41, 5.74) is 2.50. The minimum atomic E-state index is -3.68. The molecule has 2 heterocycles. The largest absolute Gasteiger partial charge is 0.497 e. The van der Waals surface area contributed by atoms with E-state index in [4.69, 9.17) is 48.6 Å². The lowest BCUT2D eigenvalue weighted by Crippen LogP contribution is -2.17. The van der Waals surface area contributed by atoms with E-state index in [0.717, 1.165) is 35.2 Å². The van der Waals surface area contributed by atoms with Gasteiger partial charge >= 0.3 is 7.75 Å². The fourth-order valence-corrected chi connectivity index (χ4v) is 6.26. The summed E-state index contributed by atoms with van der Waals surface area (Å²) in [7, 11) is 1.98. The summed E-state index contributed by atoms with van der Waals surface area (Å²) >= 11 is 18.5. The molecule has 32 heavy (non-hydrogen) atoms. The number of rotatable bonds is 6. The Morgan fingerprint density at radius 2 is 1.91 bits per heavy atom. The molecule has 0 radical (unpaired) electrons. The van der Waals surface area contributed by atoms with Crippen LogP contribution in [0.3, 0.4) is 0 Å². The highest BCUT2D eigenvalue weighted by molar-refractivity contribution is 7.52. The lowest BCUT2D eigenvalue weighted by Gasteiger charge is -2.31. The molecule has 2 aromatic carbocycles. The molecule has 6 nitrogen and oxygen atoms in total. The standard InChI is InChI=1S/C22H24Cl3N2O4P/c1-26(2)8-6-14-13-27(20-5-4-16(29-3)12-17(14)20)32(28)30-9-7-21(31-32)15-10-18(23)22(25)19(24)11-15/h4-5,10-13,21H,6-9H2,1-3H3. The zero-order valence-corrected chi connectivity index (χ0v) is 21.1. The van der Waals surface area contributed by atoms with E-state index >= 15 is 0 Å². The number of benzene rings is 2. The Bertz CT molecular complexity index is 1170. The van der Waals surface area contributed by atoms with E-state index in [1.807, 2.05) is 38.5 Å². The number of halogens is 3. The van der Waals surface area contributed by atoms with E-state index in [1.165, 1.54) is 0 Å². The van der Waals surface area contributed by atoms with Crippen LogP contribution in [0.2, 0.25) is 15.1 Å². The number of methoxy groups -OCH3 is 1. The first-order valence-corrected chi connectivity index (χ1v) is 12.8. The fourth-order valence-electron chi connectivity index (χ4n) is 3.75. The van der Waals surface area contributed by atoms with Gasteiger partial charge in [0.1, 0.15) is 5.75 Å². The minimum Gasteiger partial charge on any atom is -0.497 e. The van der Waals surface area contributed by atoms with Crippen LogP contribution in [0.4, 0.5) is 0 Å². The van der Waals surface area contributed by atoms with Crippen molar-refractivity contribution in [3.63, 3.8) is 0 Å². The molecular weight excluding hydrogens is 494 g/mol. The number of fused-ring (bicyclic) bond motifs is 1. The highest BCUT2D eigenvalue weighted by Crippen LogP contribution is 2.59. The van der Waals surface area contributed by atoms with Crippen LogP contribution >= 0.6 is 42.5 Å². The van der Waals surface area contributed by atoms with Crippen molar-refractivity contribution >= 4 is 53.5 Å². The van der Waals surface area contributed by atoms with Crippen LogP contribution in [0, 0.1) is 0 Å². The van der Waals surface area contributed by atoms with E-state index in [1.54, 1.807) is 23.6 Å². The highest BCUT2D eigenvalue weighted by atomic mass is 35.5. The van der Waals surface area contributed by atoms with Crippen molar-refractivity contribution in [2.45, 2.75) is 18.9 Å². The Kier molecular flexibility index (Phi) is 7.14. The molecule has 0 spiro atoms. The van der Waals surface area contributed by atoms with Gasteiger partial charge in [-0.1, -0.05) is 34.8 Å². The second-order valence-electron chi connectivity index (χ2n) is 7.92. The van der Waals surface area contributed by atoms with Crippen molar-refractivity contribution in [2.24, 2.45) is 0 Å². The van der Waals surface area contributed by atoms with E-state index < -0.39 is 13.9 Å². The normalized spacial score (nSPS) is 21.4. The minimum absolute atomic E-state index is 0.267. The average Bonchev–Trinajstić information content (AvgIpc) is 3.14. The molecule has 1 fully saturated rings. The van der Waals surface area contributed by atoms with Gasteiger partial charge in [-0.3, -0.25) is 13.4 Å². The van der Waals surface area contributed by atoms with Crippen LogP contribution < -0.4 is 4.74 Å². The van der Waals surface area contributed by atoms with Crippen LogP contribution in [0.5, 0.6) is 5.75 Å². The molecule has 0 aliphatic carbocycles. The van der Waals surface area contributed by atoms with Crippen LogP contribution in [0.15, 0.2) is 36.5 Å². The molecule has 2 atom stereocenters. The molecule has 10 heteroatoms. The quantitative estimate of drug-likeness (QED) is 0.264. The maximum Gasteiger partial charge on any atom is 0.439 e. The Morgan fingerprint density at radius 1 is 1.19 bits per heavy atom. The molecule has 4 rings (SSSR count). The summed E-state index contributed by atoms with van der Waals surface area (Å²) in [6.07, 6.45) is 2.65. The van der Waals surface area contributed by atoms with Crippen LogP contribution in [0.1, 0.15) is 23.7 Å². The molecular formula is C22H24Cl3N2O4P. The SMILES string of the molecule is COc1ccc2c(c1)c(CCN(C)C)cn2P1(=O)OCCC(c2cc(Cl)c(Cl)c(Cl)c2)O1. The summed E-state index contributed by atoms with van der Waals surface area (Å²) in [5.74, 6) is 0.730. The summed E-state index contributed by atoms with van der Waals surface area (Å²) in [5, 5.41) is 1.88. The number of ether oxygens (including phenoxy) is 1. The maximum atomic E-state index is 14.0. The lowest BCUT2D eigenvalue weighted by molar-refractivity contribution is 0.0771. The molecule has 0 N–H and O–H groups in total. The number of likely N-dealkylation sites (N-methyl/N-ethyl adjacent to an activating group) is 1. The first kappa shape index (κ1) is 23.9. The summed E-state index contributed by atoms with van der Waals surface area (Å²) < 4.78 is 32.8. The number of aromatic nitrogens is 1. The van der Waals surface area contributed by atoms with Crippen LogP contribution in [0.25, 0.3) is 10.9 Å². The van der Waals surface area contributed by atoms with Crippen molar-refractivity contribution in [2.75, 3.05) is 34.4 Å². The Balaban J connectivity index is 1.74. The van der Waals surface area contributed by atoms with Gasteiger partial charge < -0.3 is 9.64 Å². The summed E-state index contributed by atoms with van der Waals surface area (Å²) in [4.78, 5) is 2.10. The molecule has 1 saturated heterocycles. The third kappa shape index (κ3) is 4.69. The number of hydrogen-bond donors (Lipinski definition) is 0. The summed E-state index contributed by atoms with van der Waals surface area (Å²) in [6.45, 7) is 1.11. The van der Waals surface area contributed by atoms with E-state index in [2.05, 4.69) is 4.90 Å². The smallest absolute Gasteiger partial charge is 0.439 e. The molecule has 172 valence electrons. The van der Waals surface area contributed by atoms with Gasteiger partial charge in [-0.25, -0.2) is 4.57 Å². The highest BCUT2D eigenvalue weighted by Gasteiger charge is 2.38. The van der Waals surface area contributed by atoms with Crippen LogP contribution in [-0.2, 0) is 20.0 Å². The fraction of sp³-hybridized carbons (Fsp3) is 0.364. The van der Waals surface area contributed by atoms with Gasteiger partial charge in [-0.15, -0.1) is 0 Å². The number of hydrogen-bond acceptors (Lipinski definition) is 5. The van der Waals surface area contributed by atoms with Gasteiger partial charge in [0.05, 0.1) is 40.4 Å². The topological polar surface area (TPSA) is 52.9 Å². The summed E-state index contributed by atoms with van der Waals surface area (Å²) in [6, 6.07) is 9.04. The monoisotopic (exact) mass is 516 g/mol. The van der Waals surface area contributed by atoms with Gasteiger partial charge in [0, 0.05) is 24.5 Å². The van der Waals surface area contributed by atoms with Crippen molar-refractivity contribution < 1.29 is 18.3 Å². The zero-order valence-electron chi connectivity index (χ0n) is 18.0. The second-order valence-corrected chi connectivity index (χ2v) is 10.9. The predicted molar refractivity (Wildman–Crippen MR) is 130 cm³/mol. The second kappa shape index (κ2) is 9.55. The first-order valence-electron chi connectivity index (χ1n) is 10.1. The first-order chi connectivity index (χ1) is 15.2. The van der Waals surface area contributed by atoms with Crippen molar-refractivity contribution in [1.29, 1.82) is 0 Å². The molecule has 1 aromatic heterocycles. The van der Waals surface area contributed by atoms with E-state index in [9.17, 15) is 4.57 Å². The Labute approximate surface area is 202 Å². The van der Waals surface area contributed by atoms with Gasteiger partial charge in [-0.05, 0) is 62.0 Å².